The van der Waals surface area contributed by atoms with E-state index < -0.39 is 6.09 Å². The van der Waals surface area contributed by atoms with E-state index in [4.69, 9.17) is 14.7 Å². The molecule has 2 aromatic heterocycles. The predicted molar refractivity (Wildman–Crippen MR) is 107 cm³/mol. The lowest BCUT2D eigenvalue weighted by atomic mass is 10.1. The van der Waals surface area contributed by atoms with Gasteiger partial charge in [0.2, 0.25) is 0 Å². The number of piperidine rings is 1. The van der Waals surface area contributed by atoms with Gasteiger partial charge in [-0.15, -0.1) is 0 Å². The summed E-state index contributed by atoms with van der Waals surface area (Å²) in [6, 6.07) is 0. The summed E-state index contributed by atoms with van der Waals surface area (Å²) in [5, 5.41) is 9.38. The molecule has 1 saturated heterocycles. The molecule has 3 rings (SSSR count). The molecule has 1 aliphatic heterocycles. The van der Waals surface area contributed by atoms with E-state index in [9.17, 15) is 4.79 Å². The molecule has 0 unspecified atom stereocenters. The number of nitrogens with one attached hydrogen (secondary N) is 1. The van der Waals surface area contributed by atoms with Crippen molar-refractivity contribution < 1.29 is 9.53 Å². The minimum Gasteiger partial charge on any atom is -0.450 e. The lowest BCUT2D eigenvalue weighted by Gasteiger charge is -2.28. The van der Waals surface area contributed by atoms with E-state index in [1.807, 2.05) is 10.9 Å². The Balaban J connectivity index is 1.85. The number of fused-ring (bicyclic) bond motifs is 1. The minimum absolute atomic E-state index is 0.360. The Morgan fingerprint density at radius 3 is 2.78 bits per heavy atom. The van der Waals surface area contributed by atoms with E-state index in [0.717, 1.165) is 35.1 Å². The quantitative estimate of drug-likeness (QED) is 0.572. The van der Waals surface area contributed by atoms with Crippen molar-refractivity contribution in [1.29, 1.82) is 0 Å². The summed E-state index contributed by atoms with van der Waals surface area (Å²) in [6.45, 7) is 9.43. The number of nitrogens with zero attached hydrogens (tertiary/aromatic N) is 5. The standard InChI is InChI=1S/C18H28N6O2S/c1-4-26-18(25)19-8-11-24-16-14(12-20-24)15(23-9-6-5-7-10-23)21-17(22-16)27-13(2)3/h12-13H,4-11H2,1-3H3,(H,19,25). The van der Waals surface area contributed by atoms with Crippen molar-refractivity contribution in [3.05, 3.63) is 6.20 Å². The zero-order chi connectivity index (χ0) is 19.2. The number of hydrogen-bond acceptors (Lipinski definition) is 7. The molecule has 0 spiro atoms. The molecule has 9 heteroatoms. The summed E-state index contributed by atoms with van der Waals surface area (Å²) >= 11 is 1.66. The molecule has 0 atom stereocenters. The highest BCUT2D eigenvalue weighted by molar-refractivity contribution is 7.99. The van der Waals surface area contributed by atoms with E-state index in [0.29, 0.717) is 24.9 Å². The summed E-state index contributed by atoms with van der Waals surface area (Å²) in [4.78, 5) is 23.4. The first-order chi connectivity index (χ1) is 13.1. The fourth-order valence-electron chi connectivity index (χ4n) is 3.14. The largest absolute Gasteiger partial charge is 0.450 e. The second kappa shape index (κ2) is 9.25. The molecule has 0 aromatic carbocycles. The van der Waals surface area contributed by atoms with Crippen molar-refractivity contribution in [2.24, 2.45) is 0 Å². The van der Waals surface area contributed by atoms with Gasteiger partial charge in [0.1, 0.15) is 5.82 Å². The van der Waals surface area contributed by atoms with Crippen molar-refractivity contribution in [1.82, 2.24) is 25.1 Å². The van der Waals surface area contributed by atoms with E-state index in [-0.39, 0.29) is 0 Å². The zero-order valence-corrected chi connectivity index (χ0v) is 17.1. The van der Waals surface area contributed by atoms with Crippen LogP contribution >= 0.6 is 11.8 Å². The number of anilines is 1. The van der Waals surface area contributed by atoms with Gasteiger partial charge in [0, 0.05) is 24.9 Å². The van der Waals surface area contributed by atoms with Crippen LogP contribution in [0, 0.1) is 0 Å². The number of carbonyl (C=O) groups excluding carboxylic acids is 1. The highest BCUT2D eigenvalue weighted by atomic mass is 32.2. The number of thioether (sulfide) groups is 1. The molecule has 148 valence electrons. The molecule has 0 radical (unpaired) electrons. The summed E-state index contributed by atoms with van der Waals surface area (Å²) in [5.41, 5.74) is 0.819. The normalized spacial score (nSPS) is 14.7. The number of amides is 1. The van der Waals surface area contributed by atoms with Crippen LogP contribution in [0.3, 0.4) is 0 Å². The molecular weight excluding hydrogens is 364 g/mol. The Morgan fingerprint density at radius 2 is 2.07 bits per heavy atom. The van der Waals surface area contributed by atoms with Gasteiger partial charge < -0.3 is 15.0 Å². The van der Waals surface area contributed by atoms with Crippen molar-refractivity contribution in [3.8, 4) is 0 Å². The highest BCUT2D eigenvalue weighted by Gasteiger charge is 2.20. The summed E-state index contributed by atoms with van der Waals surface area (Å²) in [5.74, 6) is 0.979. The Kier molecular flexibility index (Phi) is 6.76. The summed E-state index contributed by atoms with van der Waals surface area (Å²) in [6.07, 6.45) is 5.09. The topological polar surface area (TPSA) is 85.2 Å². The Morgan fingerprint density at radius 1 is 1.30 bits per heavy atom. The van der Waals surface area contributed by atoms with Crippen LogP contribution in [-0.4, -0.2) is 57.3 Å². The first kappa shape index (κ1) is 19.7. The molecular formula is C18H28N6O2S. The smallest absolute Gasteiger partial charge is 0.407 e. The van der Waals surface area contributed by atoms with E-state index >= 15 is 0 Å². The molecule has 1 amide bonds. The van der Waals surface area contributed by atoms with Gasteiger partial charge in [-0.2, -0.15) is 5.10 Å². The molecule has 8 nitrogen and oxygen atoms in total. The van der Waals surface area contributed by atoms with Gasteiger partial charge in [0.25, 0.3) is 0 Å². The second-order valence-electron chi connectivity index (χ2n) is 6.80. The Bertz CT molecular complexity index is 773. The molecule has 1 N–H and O–H groups in total. The van der Waals surface area contributed by atoms with Gasteiger partial charge in [0.05, 0.1) is 24.7 Å². The first-order valence-electron chi connectivity index (χ1n) is 9.64. The van der Waals surface area contributed by atoms with E-state index in [1.165, 1.54) is 19.3 Å². The number of ether oxygens (including phenoxy) is 1. The number of alkyl carbamates (subject to hydrolysis) is 1. The second-order valence-corrected chi connectivity index (χ2v) is 8.34. The predicted octanol–water partition coefficient (Wildman–Crippen LogP) is 3.06. The number of hydrogen-bond donors (Lipinski definition) is 1. The van der Waals surface area contributed by atoms with Gasteiger partial charge in [-0.1, -0.05) is 25.6 Å². The monoisotopic (exact) mass is 392 g/mol. The Hall–Kier alpha value is -2.03. The van der Waals surface area contributed by atoms with Crippen LogP contribution in [0.2, 0.25) is 0 Å². The van der Waals surface area contributed by atoms with Gasteiger partial charge >= 0.3 is 6.09 Å². The van der Waals surface area contributed by atoms with Crippen LogP contribution in [0.5, 0.6) is 0 Å². The third-order valence-electron chi connectivity index (χ3n) is 4.32. The summed E-state index contributed by atoms with van der Waals surface area (Å²) < 4.78 is 6.73. The first-order valence-corrected chi connectivity index (χ1v) is 10.5. The van der Waals surface area contributed by atoms with E-state index in [1.54, 1.807) is 18.7 Å². The zero-order valence-electron chi connectivity index (χ0n) is 16.3. The number of carbonyl (C=O) groups is 1. The van der Waals surface area contributed by atoms with Crippen molar-refractivity contribution in [2.45, 2.75) is 57.0 Å². The molecule has 0 bridgehead atoms. The number of aromatic nitrogens is 4. The molecule has 0 aliphatic carbocycles. The van der Waals surface area contributed by atoms with Gasteiger partial charge in [-0.05, 0) is 26.2 Å². The maximum absolute atomic E-state index is 11.5. The van der Waals surface area contributed by atoms with Gasteiger partial charge in [-0.25, -0.2) is 19.4 Å². The van der Waals surface area contributed by atoms with Crippen LogP contribution in [0.15, 0.2) is 11.4 Å². The molecule has 0 saturated carbocycles. The molecule has 1 aliphatic rings. The minimum atomic E-state index is -0.409. The van der Waals surface area contributed by atoms with Crippen LogP contribution in [-0.2, 0) is 11.3 Å². The molecule has 27 heavy (non-hydrogen) atoms. The highest BCUT2D eigenvalue weighted by Crippen LogP contribution is 2.30. The van der Waals surface area contributed by atoms with Crippen molar-refractivity contribution >= 4 is 34.7 Å². The molecule has 2 aromatic rings. The fourth-order valence-corrected chi connectivity index (χ4v) is 3.84. The fraction of sp³-hybridized carbons (Fsp3) is 0.667. The summed E-state index contributed by atoms with van der Waals surface area (Å²) in [7, 11) is 0. The maximum Gasteiger partial charge on any atom is 0.407 e. The van der Waals surface area contributed by atoms with Crippen LogP contribution in [0.4, 0.5) is 10.6 Å². The van der Waals surface area contributed by atoms with Gasteiger partial charge in [0.15, 0.2) is 10.8 Å². The van der Waals surface area contributed by atoms with Gasteiger partial charge in [-0.3, -0.25) is 0 Å². The van der Waals surface area contributed by atoms with Crippen LogP contribution < -0.4 is 10.2 Å². The lowest BCUT2D eigenvalue weighted by molar-refractivity contribution is 0.152. The third-order valence-corrected chi connectivity index (χ3v) is 5.19. The van der Waals surface area contributed by atoms with Crippen LogP contribution in [0.1, 0.15) is 40.0 Å². The molecule has 3 heterocycles. The Labute approximate surface area is 164 Å². The van der Waals surface area contributed by atoms with Crippen molar-refractivity contribution in [3.63, 3.8) is 0 Å². The number of rotatable bonds is 7. The third kappa shape index (κ3) is 5.03. The molecule has 1 fully saturated rings. The average molecular weight is 393 g/mol. The SMILES string of the molecule is CCOC(=O)NCCn1ncc2c(N3CCCCC3)nc(SC(C)C)nc21. The van der Waals surface area contributed by atoms with Crippen LogP contribution in [0.25, 0.3) is 11.0 Å². The lowest BCUT2D eigenvalue weighted by Crippen LogP contribution is -2.30. The van der Waals surface area contributed by atoms with E-state index in [2.05, 4.69) is 29.2 Å². The maximum atomic E-state index is 11.5. The van der Waals surface area contributed by atoms with Crippen molar-refractivity contribution in [2.75, 3.05) is 31.1 Å². The average Bonchev–Trinajstić information content (AvgIpc) is 3.04.